The van der Waals surface area contributed by atoms with E-state index in [1.807, 2.05) is 5.38 Å². The first-order chi connectivity index (χ1) is 8.05. The first kappa shape index (κ1) is 12.8. The van der Waals surface area contributed by atoms with Crippen molar-refractivity contribution >= 4 is 32.9 Å². The summed E-state index contributed by atoms with van der Waals surface area (Å²) in [6.45, 7) is 0. The molecule has 1 aromatic carbocycles. The molecule has 7 heteroatoms. The molecule has 17 heavy (non-hydrogen) atoms. The number of alkyl halides is 3. The van der Waals surface area contributed by atoms with E-state index < -0.39 is 11.7 Å². The van der Waals surface area contributed by atoms with Crippen molar-refractivity contribution in [3.8, 4) is 0 Å². The quantitative estimate of drug-likeness (QED) is 0.742. The van der Waals surface area contributed by atoms with E-state index in [-0.39, 0.29) is 0 Å². The third kappa shape index (κ3) is 3.65. The van der Waals surface area contributed by atoms with Crippen LogP contribution in [0.5, 0.6) is 0 Å². The van der Waals surface area contributed by atoms with Crippen molar-refractivity contribution in [2.75, 3.05) is 0 Å². The van der Waals surface area contributed by atoms with Crippen molar-refractivity contribution < 1.29 is 13.2 Å². The van der Waals surface area contributed by atoms with Crippen LogP contribution in [0.15, 0.2) is 45.1 Å². The Morgan fingerprint density at radius 2 is 1.76 bits per heavy atom. The SMILES string of the molecule is FC(F)(F)c1ccc(SSc2nccs2)cc1. The van der Waals surface area contributed by atoms with Crippen LogP contribution in [0, 0.1) is 0 Å². The third-order valence-electron chi connectivity index (χ3n) is 1.80. The van der Waals surface area contributed by atoms with Gasteiger partial charge < -0.3 is 0 Å². The van der Waals surface area contributed by atoms with Crippen LogP contribution in [0.25, 0.3) is 0 Å². The zero-order chi connectivity index (χ0) is 12.3. The summed E-state index contributed by atoms with van der Waals surface area (Å²) in [6, 6.07) is 5.11. The Kier molecular flexibility index (Phi) is 4.01. The van der Waals surface area contributed by atoms with Crippen LogP contribution in [0.2, 0.25) is 0 Å². The van der Waals surface area contributed by atoms with Crippen LogP contribution in [0.4, 0.5) is 13.2 Å². The highest BCUT2D eigenvalue weighted by molar-refractivity contribution is 8.77. The van der Waals surface area contributed by atoms with E-state index in [4.69, 9.17) is 0 Å². The smallest absolute Gasteiger partial charge is 0.237 e. The first-order valence-corrected chi connectivity index (χ1v) is 7.50. The monoisotopic (exact) mass is 293 g/mol. The molecule has 0 amide bonds. The molecular weight excluding hydrogens is 287 g/mol. The van der Waals surface area contributed by atoms with Gasteiger partial charge >= 0.3 is 6.18 Å². The number of aromatic nitrogens is 1. The molecular formula is C10H6F3NS3. The summed E-state index contributed by atoms with van der Waals surface area (Å²) in [6.07, 6.45) is -2.58. The van der Waals surface area contributed by atoms with E-state index in [1.165, 1.54) is 45.1 Å². The standard InChI is InChI=1S/C10H6F3NS3/c11-10(12,13)7-1-3-8(4-2-7)16-17-9-14-5-6-15-9/h1-6H. The minimum Gasteiger partial charge on any atom is -0.237 e. The maximum atomic E-state index is 12.3. The molecule has 2 rings (SSSR count). The van der Waals surface area contributed by atoms with E-state index in [0.29, 0.717) is 0 Å². The molecule has 0 N–H and O–H groups in total. The van der Waals surface area contributed by atoms with Crippen molar-refractivity contribution in [3.05, 3.63) is 41.4 Å². The molecule has 0 aliphatic rings. The van der Waals surface area contributed by atoms with Crippen molar-refractivity contribution in [2.24, 2.45) is 0 Å². The molecule has 0 saturated carbocycles. The van der Waals surface area contributed by atoms with E-state index in [1.54, 1.807) is 6.20 Å². The summed E-state index contributed by atoms with van der Waals surface area (Å²) in [4.78, 5) is 4.84. The van der Waals surface area contributed by atoms with Gasteiger partial charge in [0.15, 0.2) is 4.34 Å². The fourth-order valence-electron chi connectivity index (χ4n) is 1.03. The molecule has 0 aliphatic heterocycles. The molecule has 0 aliphatic carbocycles. The predicted molar refractivity (Wildman–Crippen MR) is 65.3 cm³/mol. The lowest BCUT2D eigenvalue weighted by Crippen LogP contribution is -2.03. The van der Waals surface area contributed by atoms with E-state index >= 15 is 0 Å². The number of rotatable bonds is 3. The van der Waals surface area contributed by atoms with Gasteiger partial charge in [-0.15, -0.1) is 11.3 Å². The number of hydrogen-bond donors (Lipinski definition) is 0. The van der Waals surface area contributed by atoms with Crippen molar-refractivity contribution in [1.82, 2.24) is 4.98 Å². The summed E-state index contributed by atoms with van der Waals surface area (Å²) in [7, 11) is 2.83. The molecule has 0 spiro atoms. The molecule has 0 bridgehead atoms. The van der Waals surface area contributed by atoms with Gasteiger partial charge in [-0.25, -0.2) is 4.98 Å². The summed E-state index contributed by atoms with van der Waals surface area (Å²) in [5.41, 5.74) is -0.624. The maximum absolute atomic E-state index is 12.3. The maximum Gasteiger partial charge on any atom is 0.416 e. The van der Waals surface area contributed by atoms with Gasteiger partial charge in [0, 0.05) is 16.5 Å². The Bertz CT molecular complexity index is 465. The van der Waals surface area contributed by atoms with Gasteiger partial charge in [0.2, 0.25) is 0 Å². The Hall–Kier alpha value is -0.660. The van der Waals surface area contributed by atoms with E-state index in [2.05, 4.69) is 4.98 Å². The number of thiazole rings is 1. The molecule has 0 unspecified atom stereocenters. The topological polar surface area (TPSA) is 12.9 Å². The number of halogens is 3. The van der Waals surface area contributed by atoms with Crippen molar-refractivity contribution in [1.29, 1.82) is 0 Å². The van der Waals surface area contributed by atoms with Crippen LogP contribution in [-0.2, 0) is 6.18 Å². The molecule has 0 fully saturated rings. The molecule has 0 radical (unpaired) electrons. The second-order valence-corrected chi connectivity index (χ2v) is 6.33. The molecule has 1 aromatic heterocycles. The van der Waals surface area contributed by atoms with Gasteiger partial charge in [-0.3, -0.25) is 0 Å². The van der Waals surface area contributed by atoms with Gasteiger partial charge in [0.05, 0.1) is 5.56 Å². The minimum absolute atomic E-state index is 0.624. The average molecular weight is 293 g/mol. The zero-order valence-corrected chi connectivity index (χ0v) is 10.7. The predicted octanol–water partition coefficient (Wildman–Crippen LogP) is 4.96. The molecule has 0 atom stereocenters. The van der Waals surface area contributed by atoms with Crippen LogP contribution in [0.3, 0.4) is 0 Å². The third-order valence-corrected chi connectivity index (χ3v) is 5.32. The van der Waals surface area contributed by atoms with E-state index in [0.717, 1.165) is 21.4 Å². The Balaban J connectivity index is 1.99. The van der Waals surface area contributed by atoms with Gasteiger partial charge in [-0.05, 0) is 35.1 Å². The molecule has 90 valence electrons. The Labute approximate surface area is 108 Å². The molecule has 0 saturated heterocycles. The van der Waals surface area contributed by atoms with Crippen molar-refractivity contribution in [3.63, 3.8) is 0 Å². The van der Waals surface area contributed by atoms with Crippen LogP contribution >= 0.6 is 32.9 Å². The normalized spacial score (nSPS) is 11.7. The second-order valence-electron chi connectivity index (χ2n) is 2.99. The first-order valence-electron chi connectivity index (χ1n) is 4.47. The van der Waals surface area contributed by atoms with Gasteiger partial charge in [0.1, 0.15) is 0 Å². The molecule has 2 aromatic rings. The summed E-state index contributed by atoms with van der Waals surface area (Å²) >= 11 is 1.50. The number of nitrogens with zero attached hydrogens (tertiary/aromatic N) is 1. The van der Waals surface area contributed by atoms with Crippen LogP contribution in [0.1, 0.15) is 5.56 Å². The Morgan fingerprint density at radius 1 is 1.06 bits per heavy atom. The lowest BCUT2D eigenvalue weighted by molar-refractivity contribution is -0.137. The lowest BCUT2D eigenvalue weighted by atomic mass is 10.2. The summed E-state index contributed by atoms with van der Waals surface area (Å²) < 4.78 is 37.8. The summed E-state index contributed by atoms with van der Waals surface area (Å²) in [5, 5.41) is 1.86. The van der Waals surface area contributed by atoms with Crippen molar-refractivity contribution in [2.45, 2.75) is 15.4 Å². The van der Waals surface area contributed by atoms with Crippen LogP contribution in [-0.4, -0.2) is 4.98 Å². The highest BCUT2D eigenvalue weighted by Gasteiger charge is 2.29. The van der Waals surface area contributed by atoms with Gasteiger partial charge in [0.25, 0.3) is 0 Å². The highest BCUT2D eigenvalue weighted by Crippen LogP contribution is 2.39. The number of hydrogen-bond acceptors (Lipinski definition) is 4. The minimum atomic E-state index is -4.27. The van der Waals surface area contributed by atoms with Crippen LogP contribution < -0.4 is 0 Å². The fraction of sp³-hybridized carbons (Fsp3) is 0.100. The lowest BCUT2D eigenvalue weighted by Gasteiger charge is -2.06. The average Bonchev–Trinajstić information content (AvgIpc) is 2.78. The van der Waals surface area contributed by atoms with E-state index in [9.17, 15) is 13.2 Å². The van der Waals surface area contributed by atoms with Gasteiger partial charge in [-0.1, -0.05) is 10.8 Å². The molecule has 1 heterocycles. The zero-order valence-electron chi connectivity index (χ0n) is 8.27. The van der Waals surface area contributed by atoms with Gasteiger partial charge in [-0.2, -0.15) is 13.2 Å². The highest BCUT2D eigenvalue weighted by atomic mass is 33.1. The second kappa shape index (κ2) is 5.32. The Morgan fingerprint density at radius 3 is 2.29 bits per heavy atom. The largest absolute Gasteiger partial charge is 0.416 e. The summed E-state index contributed by atoms with van der Waals surface area (Å²) in [5.74, 6) is 0. The fourth-order valence-corrected chi connectivity index (χ4v) is 3.86. The molecule has 1 nitrogen and oxygen atoms in total. The number of benzene rings is 1.